The van der Waals surface area contributed by atoms with Gasteiger partial charge in [0.05, 0.1) is 0 Å². The van der Waals surface area contributed by atoms with Gasteiger partial charge in [-0.15, -0.1) is 0 Å². The number of benzene rings is 1. The molecule has 1 aromatic carbocycles. The Morgan fingerprint density at radius 2 is 1.52 bits per heavy atom. The van der Waals surface area contributed by atoms with Gasteiger partial charge in [-0.25, -0.2) is 0 Å². The first-order valence-corrected chi connectivity index (χ1v) is 14.6. The lowest BCUT2D eigenvalue weighted by Crippen LogP contribution is -2.61. The minimum Gasteiger partial charge on any atom is -0.457 e. The monoisotopic (exact) mass is 553 g/mol. The van der Waals surface area contributed by atoms with Crippen LogP contribution in [-0.4, -0.2) is 44.9 Å². The Kier molecular flexibility index (Phi) is 7.39. The maximum absolute atomic E-state index is 13.6. The number of carbonyl (C=O) groups excluding carboxylic acids is 4. The molecule has 6 saturated carbocycles. The second-order valence-corrected chi connectivity index (χ2v) is 13.7. The Hall–Kier alpha value is -2.74. The first kappa shape index (κ1) is 28.8. The van der Waals surface area contributed by atoms with Gasteiger partial charge in [-0.2, -0.15) is 0 Å². The molecule has 4 bridgehead atoms. The summed E-state index contributed by atoms with van der Waals surface area (Å²) >= 11 is 0. The second kappa shape index (κ2) is 10.3. The van der Waals surface area contributed by atoms with E-state index >= 15 is 0 Å². The van der Waals surface area contributed by atoms with Crippen molar-refractivity contribution < 1.29 is 33.4 Å². The summed E-state index contributed by atoms with van der Waals surface area (Å²) in [6, 6.07) is 7.10. The molecule has 0 spiro atoms. The molecule has 40 heavy (non-hydrogen) atoms. The molecule has 0 radical (unpaired) electrons. The van der Waals surface area contributed by atoms with E-state index in [4.69, 9.17) is 14.2 Å². The molecular formula is C32H43NO7. The molecule has 0 heterocycles. The number of esters is 2. The minimum absolute atomic E-state index is 0.0146. The van der Waals surface area contributed by atoms with Crippen molar-refractivity contribution in [3.63, 3.8) is 0 Å². The highest BCUT2D eigenvalue weighted by Gasteiger charge is 2.66. The van der Waals surface area contributed by atoms with E-state index in [0.717, 1.165) is 38.3 Å². The molecule has 8 heteroatoms. The maximum atomic E-state index is 13.6. The molecule has 6 aliphatic carbocycles. The van der Waals surface area contributed by atoms with Gasteiger partial charge in [0.15, 0.2) is 0 Å². The van der Waals surface area contributed by atoms with Crippen molar-refractivity contribution >= 4 is 24.5 Å². The standard InChI is InChI=1S/C32H43NO7/c1-29(2)21-9-11-31(17-34,25(29)14-21)27(36)39-19-38-23-8-6-7-20(13-23)24(16-33-5)40-28(37)32(18-35)12-10-22-15-26(32)30(22,3)4/h6-8,13,17-18,21-22,24-26,33H,9-12,14-16,19H2,1-5H3. The van der Waals surface area contributed by atoms with Crippen molar-refractivity contribution in [1.29, 1.82) is 0 Å². The number of hydrogen-bond acceptors (Lipinski definition) is 8. The number of hydrogen-bond donors (Lipinski definition) is 1. The van der Waals surface area contributed by atoms with Crippen molar-refractivity contribution in [2.75, 3.05) is 20.4 Å². The van der Waals surface area contributed by atoms with Crippen LogP contribution in [0.15, 0.2) is 24.3 Å². The fourth-order valence-corrected chi connectivity index (χ4v) is 8.54. The summed E-state index contributed by atoms with van der Waals surface area (Å²) < 4.78 is 17.3. The van der Waals surface area contributed by atoms with E-state index in [1.54, 1.807) is 25.2 Å². The van der Waals surface area contributed by atoms with Gasteiger partial charge >= 0.3 is 11.9 Å². The van der Waals surface area contributed by atoms with Crippen molar-refractivity contribution in [1.82, 2.24) is 5.32 Å². The minimum atomic E-state index is -1.12. The van der Waals surface area contributed by atoms with Crippen LogP contribution in [0.25, 0.3) is 0 Å². The normalized spacial score (nSPS) is 35.2. The Bertz CT molecular complexity index is 1170. The number of likely N-dealkylation sites (N-methyl/N-ethyl adjacent to an activating group) is 1. The zero-order valence-electron chi connectivity index (χ0n) is 24.4. The third-order valence-electron chi connectivity index (χ3n) is 11.5. The second-order valence-electron chi connectivity index (χ2n) is 13.7. The van der Waals surface area contributed by atoms with E-state index in [1.807, 2.05) is 6.07 Å². The summed E-state index contributed by atoms with van der Waals surface area (Å²) in [5, 5.41) is 3.07. The van der Waals surface area contributed by atoms with Gasteiger partial charge in [0.25, 0.3) is 0 Å². The highest BCUT2D eigenvalue weighted by molar-refractivity contribution is 5.95. The average Bonchev–Trinajstić information content (AvgIpc) is 2.96. The summed E-state index contributed by atoms with van der Waals surface area (Å²) in [4.78, 5) is 51.2. The smallest absolute Gasteiger partial charge is 0.322 e. The fourth-order valence-electron chi connectivity index (χ4n) is 8.54. The van der Waals surface area contributed by atoms with Crippen LogP contribution in [0.5, 0.6) is 5.75 Å². The van der Waals surface area contributed by atoms with Crippen LogP contribution < -0.4 is 10.1 Å². The Balaban J connectivity index is 1.24. The van der Waals surface area contributed by atoms with Crippen molar-refractivity contribution in [2.24, 2.45) is 45.3 Å². The van der Waals surface area contributed by atoms with Crippen LogP contribution in [0.4, 0.5) is 0 Å². The number of ether oxygens (including phenoxy) is 3. The summed E-state index contributed by atoms with van der Waals surface area (Å²) in [6.45, 7) is 8.57. The molecule has 7 unspecified atom stereocenters. The van der Waals surface area contributed by atoms with Crippen LogP contribution in [-0.2, 0) is 28.7 Å². The van der Waals surface area contributed by atoms with E-state index < -0.39 is 28.9 Å². The molecule has 218 valence electrons. The molecule has 0 saturated heterocycles. The van der Waals surface area contributed by atoms with Gasteiger partial charge in [-0.05, 0) is 97.8 Å². The lowest BCUT2D eigenvalue weighted by Gasteiger charge is -2.62. The molecule has 7 rings (SSSR count). The maximum Gasteiger partial charge on any atom is 0.322 e. The lowest BCUT2D eigenvalue weighted by molar-refractivity contribution is -0.198. The van der Waals surface area contributed by atoms with Crippen LogP contribution in [0, 0.1) is 45.3 Å². The summed E-state index contributed by atoms with van der Waals surface area (Å²) in [5.41, 5.74) is -1.64. The van der Waals surface area contributed by atoms with Gasteiger partial charge in [0.2, 0.25) is 6.79 Å². The van der Waals surface area contributed by atoms with Gasteiger partial charge in [-0.1, -0.05) is 39.8 Å². The van der Waals surface area contributed by atoms with Crippen molar-refractivity contribution in [3.8, 4) is 5.75 Å². The molecule has 1 N–H and O–H groups in total. The van der Waals surface area contributed by atoms with Crippen molar-refractivity contribution in [3.05, 3.63) is 29.8 Å². The van der Waals surface area contributed by atoms with Crippen molar-refractivity contribution in [2.45, 2.75) is 72.3 Å². The van der Waals surface area contributed by atoms with Gasteiger partial charge in [-0.3, -0.25) is 9.59 Å². The zero-order valence-corrected chi connectivity index (χ0v) is 24.4. The van der Waals surface area contributed by atoms with Crippen LogP contribution in [0.1, 0.15) is 77.9 Å². The number of carbonyl (C=O) groups is 4. The van der Waals surface area contributed by atoms with E-state index in [0.29, 0.717) is 42.5 Å². The van der Waals surface area contributed by atoms with E-state index in [1.165, 1.54) is 0 Å². The highest BCUT2D eigenvalue weighted by atomic mass is 16.7. The third-order valence-corrected chi connectivity index (χ3v) is 11.5. The lowest BCUT2D eigenvalue weighted by atomic mass is 9.41. The van der Waals surface area contributed by atoms with Gasteiger partial charge in [0, 0.05) is 6.54 Å². The number of aldehydes is 2. The molecule has 7 atom stereocenters. The van der Waals surface area contributed by atoms with Gasteiger partial charge in [0.1, 0.15) is 35.3 Å². The number of rotatable bonds is 11. The first-order valence-electron chi connectivity index (χ1n) is 14.6. The quantitative estimate of drug-likeness (QED) is 0.183. The topological polar surface area (TPSA) is 108 Å². The SMILES string of the molecule is CNCC(OC(=O)C1(C=O)CCC2CC1C2(C)C)c1cccc(OCOC(=O)C2(C=O)CCC3CC2C3(C)C)c1. The van der Waals surface area contributed by atoms with E-state index in [2.05, 4.69) is 33.0 Å². The molecule has 6 fully saturated rings. The Morgan fingerprint density at radius 3 is 2.02 bits per heavy atom. The predicted molar refractivity (Wildman–Crippen MR) is 147 cm³/mol. The molecular weight excluding hydrogens is 510 g/mol. The first-order chi connectivity index (χ1) is 19.0. The number of nitrogens with one attached hydrogen (secondary N) is 1. The summed E-state index contributed by atoms with van der Waals surface area (Å²) in [7, 11) is 1.77. The molecule has 0 aromatic heterocycles. The fraction of sp³-hybridized carbons (Fsp3) is 0.688. The summed E-state index contributed by atoms with van der Waals surface area (Å²) in [5.74, 6) is 0.523. The summed E-state index contributed by atoms with van der Waals surface area (Å²) in [6.07, 6.45) is 5.47. The van der Waals surface area contributed by atoms with E-state index in [-0.39, 0.29) is 29.5 Å². The third kappa shape index (κ3) is 4.29. The average molecular weight is 554 g/mol. The van der Waals surface area contributed by atoms with Crippen LogP contribution in [0.2, 0.25) is 0 Å². The molecule has 0 aliphatic heterocycles. The Morgan fingerprint density at radius 1 is 0.950 bits per heavy atom. The molecule has 1 aromatic rings. The Labute approximate surface area is 236 Å². The van der Waals surface area contributed by atoms with Crippen LogP contribution >= 0.6 is 0 Å². The molecule has 6 aliphatic rings. The number of fused-ring (bicyclic) bond motifs is 4. The molecule has 8 nitrogen and oxygen atoms in total. The largest absolute Gasteiger partial charge is 0.457 e. The van der Waals surface area contributed by atoms with E-state index in [9.17, 15) is 19.2 Å². The van der Waals surface area contributed by atoms with Gasteiger partial charge < -0.3 is 29.1 Å². The zero-order chi connectivity index (χ0) is 28.9. The highest BCUT2D eigenvalue weighted by Crippen LogP contribution is 2.66. The van der Waals surface area contributed by atoms with Crippen LogP contribution in [0.3, 0.4) is 0 Å². The predicted octanol–water partition coefficient (Wildman–Crippen LogP) is 4.65. The molecule has 0 amide bonds.